The van der Waals surface area contributed by atoms with E-state index in [1.54, 1.807) is 48.5 Å². The average Bonchev–Trinajstić information content (AvgIpc) is 3.44. The SMILES string of the molecule is O=C(O)Cc1c(-c2ccc(Cl)cc2)oc2c(=O)c3c(O)c(O)c4oc(-c5ccc(Cl)cc5)c(CC(=O)O)c4c3ccc12. The van der Waals surface area contributed by atoms with E-state index in [2.05, 4.69) is 0 Å². The molecular formula is C31H18Cl2O9. The summed E-state index contributed by atoms with van der Waals surface area (Å²) < 4.78 is 11.9. The molecule has 0 aliphatic carbocycles. The summed E-state index contributed by atoms with van der Waals surface area (Å²) in [4.78, 5) is 37.8. The van der Waals surface area contributed by atoms with Crippen LogP contribution in [0.4, 0.5) is 0 Å². The van der Waals surface area contributed by atoms with Crippen LogP contribution in [0.2, 0.25) is 10.0 Å². The molecule has 9 nitrogen and oxygen atoms in total. The Bertz CT molecular complexity index is 2140. The number of hydrogen-bond donors (Lipinski definition) is 4. The molecule has 0 atom stereocenters. The quantitative estimate of drug-likeness (QED) is 0.147. The smallest absolute Gasteiger partial charge is 0.307 e. The minimum absolute atomic E-state index is 0.0752. The van der Waals surface area contributed by atoms with Gasteiger partial charge in [0.05, 0.1) is 18.2 Å². The van der Waals surface area contributed by atoms with E-state index >= 15 is 0 Å². The predicted molar refractivity (Wildman–Crippen MR) is 157 cm³/mol. The van der Waals surface area contributed by atoms with Crippen LogP contribution in [0.25, 0.3) is 55.4 Å². The third-order valence-corrected chi connectivity index (χ3v) is 7.49. The molecule has 210 valence electrons. The number of halogens is 2. The van der Waals surface area contributed by atoms with E-state index in [1.807, 2.05) is 0 Å². The maximum Gasteiger partial charge on any atom is 0.307 e. The molecule has 11 heteroatoms. The van der Waals surface area contributed by atoms with Gasteiger partial charge in [0.2, 0.25) is 11.2 Å². The molecule has 0 radical (unpaired) electrons. The number of furan rings is 2. The minimum atomic E-state index is -1.21. The zero-order chi connectivity index (χ0) is 29.9. The Labute approximate surface area is 245 Å². The van der Waals surface area contributed by atoms with Crippen LogP contribution < -0.4 is 5.43 Å². The van der Waals surface area contributed by atoms with E-state index in [-0.39, 0.29) is 55.4 Å². The van der Waals surface area contributed by atoms with Gasteiger partial charge in [0.1, 0.15) is 11.5 Å². The number of aromatic hydroxyl groups is 2. The van der Waals surface area contributed by atoms with E-state index in [0.717, 1.165) is 0 Å². The van der Waals surface area contributed by atoms with E-state index in [9.17, 15) is 34.8 Å². The fourth-order valence-electron chi connectivity index (χ4n) is 5.21. The van der Waals surface area contributed by atoms with Crippen LogP contribution >= 0.6 is 23.2 Å². The highest BCUT2D eigenvalue weighted by molar-refractivity contribution is 6.31. The third kappa shape index (κ3) is 4.39. The molecule has 4 aromatic carbocycles. The Morgan fingerprint density at radius 3 is 1.64 bits per heavy atom. The third-order valence-electron chi connectivity index (χ3n) is 6.99. The molecule has 2 heterocycles. The molecule has 4 N–H and O–H groups in total. The topological polar surface area (TPSA) is 158 Å². The number of carboxylic acids is 2. The lowest BCUT2D eigenvalue weighted by Gasteiger charge is -2.04. The van der Waals surface area contributed by atoms with Gasteiger partial charge in [0.15, 0.2) is 16.9 Å². The second-order valence-electron chi connectivity index (χ2n) is 9.57. The van der Waals surface area contributed by atoms with Crippen LogP contribution in [0.5, 0.6) is 11.5 Å². The number of fused-ring (bicyclic) bond motifs is 4. The lowest BCUT2D eigenvalue weighted by Crippen LogP contribution is -2.02. The van der Waals surface area contributed by atoms with Crippen molar-refractivity contribution in [2.45, 2.75) is 12.8 Å². The van der Waals surface area contributed by atoms with Gasteiger partial charge in [0.25, 0.3) is 0 Å². The molecule has 0 aliphatic heterocycles. The minimum Gasteiger partial charge on any atom is -0.504 e. The Morgan fingerprint density at radius 1 is 0.619 bits per heavy atom. The molecule has 0 aliphatic rings. The van der Waals surface area contributed by atoms with Crippen LogP contribution in [0, 0.1) is 0 Å². The number of benzene rings is 3. The highest BCUT2D eigenvalue weighted by Crippen LogP contribution is 2.47. The summed E-state index contributed by atoms with van der Waals surface area (Å²) in [6.07, 6.45) is -1.04. The van der Waals surface area contributed by atoms with E-state index in [1.165, 1.54) is 12.1 Å². The van der Waals surface area contributed by atoms with Crippen LogP contribution in [-0.2, 0) is 22.4 Å². The van der Waals surface area contributed by atoms with Gasteiger partial charge < -0.3 is 29.3 Å². The molecule has 6 rings (SSSR count). The van der Waals surface area contributed by atoms with Gasteiger partial charge in [-0.05, 0) is 48.5 Å². The highest BCUT2D eigenvalue weighted by Gasteiger charge is 2.28. The van der Waals surface area contributed by atoms with Crippen LogP contribution in [0.15, 0.2) is 74.3 Å². The first-order valence-electron chi connectivity index (χ1n) is 12.4. The lowest BCUT2D eigenvalue weighted by atomic mass is 9.98. The zero-order valence-electron chi connectivity index (χ0n) is 21.3. The van der Waals surface area contributed by atoms with Crippen molar-refractivity contribution in [3.05, 3.63) is 92.1 Å². The standard InChI is InChI=1S/C31H18Cl2O9/c32-15-5-1-13(2-6-15)28-19(11-21(34)35)17-9-10-18-23-20(12-22(36)37)29(14-3-7-16(33)8-4-14)42-31(23)27(40)25(38)24(18)26(39)30(17)41-28/h1-10,38,40H,11-12H2,(H,34,35)(H,36,37). The van der Waals surface area contributed by atoms with Gasteiger partial charge in [-0.3, -0.25) is 14.4 Å². The first-order chi connectivity index (χ1) is 20.0. The van der Waals surface area contributed by atoms with Crippen LogP contribution in [-0.4, -0.2) is 32.4 Å². The predicted octanol–water partition coefficient (Wildman–Crippen LogP) is 7.00. The summed E-state index contributed by atoms with van der Waals surface area (Å²) in [5.74, 6) is -3.72. The van der Waals surface area contributed by atoms with Crippen LogP contribution in [0.1, 0.15) is 11.1 Å². The molecule has 2 aromatic heterocycles. The van der Waals surface area contributed by atoms with Crippen molar-refractivity contribution < 1.29 is 38.8 Å². The van der Waals surface area contributed by atoms with Crippen molar-refractivity contribution in [3.63, 3.8) is 0 Å². The summed E-state index contributed by atoms with van der Waals surface area (Å²) >= 11 is 12.0. The highest BCUT2D eigenvalue weighted by atomic mass is 35.5. The van der Waals surface area contributed by atoms with Crippen molar-refractivity contribution >= 4 is 67.9 Å². The second kappa shape index (κ2) is 10.1. The summed E-state index contributed by atoms with van der Waals surface area (Å²) in [7, 11) is 0. The van der Waals surface area contributed by atoms with Crippen molar-refractivity contribution in [2.24, 2.45) is 0 Å². The van der Waals surface area contributed by atoms with Gasteiger partial charge >= 0.3 is 11.9 Å². The molecular weight excluding hydrogens is 587 g/mol. The lowest BCUT2D eigenvalue weighted by molar-refractivity contribution is -0.137. The molecule has 0 unspecified atom stereocenters. The van der Waals surface area contributed by atoms with Gasteiger partial charge in [-0.15, -0.1) is 0 Å². The fraction of sp³-hybridized carbons (Fsp3) is 0.0645. The molecule has 6 aromatic rings. The monoisotopic (exact) mass is 604 g/mol. The number of phenols is 2. The summed E-state index contributed by atoms with van der Waals surface area (Å²) in [5, 5.41) is 42.3. The number of rotatable bonds is 6. The molecule has 0 bridgehead atoms. The number of carbonyl (C=O) groups is 2. The van der Waals surface area contributed by atoms with Crippen LogP contribution in [0.3, 0.4) is 0 Å². The fourth-order valence-corrected chi connectivity index (χ4v) is 5.46. The molecule has 42 heavy (non-hydrogen) atoms. The van der Waals surface area contributed by atoms with E-state index < -0.39 is 41.7 Å². The van der Waals surface area contributed by atoms with Crippen molar-refractivity contribution in [1.82, 2.24) is 0 Å². The van der Waals surface area contributed by atoms with E-state index in [4.69, 9.17) is 32.0 Å². The van der Waals surface area contributed by atoms with Gasteiger partial charge in [-0.25, -0.2) is 0 Å². The normalized spacial score (nSPS) is 11.5. The van der Waals surface area contributed by atoms with Gasteiger partial charge in [0, 0.05) is 48.5 Å². The Hall–Kier alpha value is -4.99. The van der Waals surface area contributed by atoms with Gasteiger partial charge in [-0.1, -0.05) is 35.3 Å². The molecule has 0 saturated carbocycles. The van der Waals surface area contributed by atoms with Crippen molar-refractivity contribution in [1.29, 1.82) is 0 Å². The first-order valence-corrected chi connectivity index (χ1v) is 13.2. The number of aliphatic carboxylic acids is 2. The summed E-state index contributed by atoms with van der Waals surface area (Å²) in [5.41, 5.74) is -0.0583. The summed E-state index contributed by atoms with van der Waals surface area (Å²) in [6.45, 7) is 0. The van der Waals surface area contributed by atoms with Gasteiger partial charge in [-0.2, -0.15) is 0 Å². The van der Waals surface area contributed by atoms with Crippen molar-refractivity contribution in [2.75, 3.05) is 0 Å². The molecule has 0 amide bonds. The zero-order valence-corrected chi connectivity index (χ0v) is 22.8. The largest absolute Gasteiger partial charge is 0.504 e. The average molecular weight is 605 g/mol. The molecule has 0 saturated heterocycles. The van der Waals surface area contributed by atoms with E-state index in [0.29, 0.717) is 21.2 Å². The van der Waals surface area contributed by atoms with Crippen molar-refractivity contribution in [3.8, 4) is 34.1 Å². The number of carboxylic acid groups (broad SMARTS) is 2. The molecule has 0 fully saturated rings. The Kier molecular flexibility index (Phi) is 6.56. The second-order valence-corrected chi connectivity index (χ2v) is 10.4. The number of hydrogen-bond acceptors (Lipinski definition) is 7. The first kappa shape index (κ1) is 27.2. The Balaban J connectivity index is 1.76. The summed E-state index contributed by atoms with van der Waals surface area (Å²) in [6, 6.07) is 15.7. The molecule has 0 spiro atoms. The Morgan fingerprint density at radius 2 is 1.10 bits per heavy atom. The number of phenolic OH excluding ortho intramolecular Hbond substituents is 2. The maximum atomic E-state index is 14.0. The maximum absolute atomic E-state index is 14.0.